The molecular formula is C24H21NO4. The van der Waals surface area contributed by atoms with Crippen LogP contribution in [0.2, 0.25) is 0 Å². The van der Waals surface area contributed by atoms with Crippen molar-refractivity contribution in [1.82, 2.24) is 5.32 Å². The first kappa shape index (κ1) is 13.6. The van der Waals surface area contributed by atoms with Crippen molar-refractivity contribution < 1.29 is 26.3 Å². The predicted octanol–water partition coefficient (Wildman–Crippen LogP) is 4.22. The van der Waals surface area contributed by atoms with Gasteiger partial charge < -0.3 is 15.2 Å². The van der Waals surface area contributed by atoms with E-state index >= 15 is 0 Å². The minimum Gasteiger partial charge on any atom is -0.480 e. The van der Waals surface area contributed by atoms with Gasteiger partial charge in [0, 0.05) is 12.3 Å². The largest absolute Gasteiger partial charge is 0.480 e. The van der Waals surface area contributed by atoms with E-state index in [0.29, 0.717) is 0 Å². The molecule has 146 valence electrons. The van der Waals surface area contributed by atoms with E-state index < -0.39 is 54.7 Å². The molecule has 0 aliphatic heterocycles. The summed E-state index contributed by atoms with van der Waals surface area (Å²) in [7, 11) is 0. The Hall–Kier alpha value is -3.60. The van der Waals surface area contributed by atoms with Crippen LogP contribution in [0.1, 0.15) is 29.5 Å². The zero-order valence-electron chi connectivity index (χ0n) is 20.4. The Kier molecular flexibility index (Phi) is 3.83. The number of carbonyl (C=O) groups is 2. The van der Waals surface area contributed by atoms with Crippen molar-refractivity contribution in [2.75, 3.05) is 6.61 Å². The number of nitrogens with one attached hydrogen (secondary N) is 1. The first-order valence-electron chi connectivity index (χ1n) is 11.6. The second kappa shape index (κ2) is 8.19. The Morgan fingerprint density at radius 3 is 2.17 bits per heavy atom. The molecule has 0 saturated carbocycles. The normalized spacial score (nSPS) is 15.7. The molecule has 0 aromatic heterocycles. The predicted molar refractivity (Wildman–Crippen MR) is 110 cm³/mol. The summed E-state index contributed by atoms with van der Waals surface area (Å²) in [5.74, 6) is -1.62. The van der Waals surface area contributed by atoms with E-state index in [9.17, 15) is 14.7 Å². The van der Waals surface area contributed by atoms with Crippen molar-refractivity contribution in [1.29, 1.82) is 0 Å². The van der Waals surface area contributed by atoms with E-state index in [4.69, 9.17) is 11.6 Å². The van der Waals surface area contributed by atoms with Crippen molar-refractivity contribution in [2.45, 2.75) is 18.4 Å². The zero-order chi connectivity index (χ0) is 24.6. The summed E-state index contributed by atoms with van der Waals surface area (Å²) in [6.07, 6.45) is -1.46. The summed E-state index contributed by atoms with van der Waals surface area (Å²) >= 11 is 0. The highest BCUT2D eigenvalue weighted by Crippen LogP contribution is 2.44. The number of rotatable bonds is 6. The van der Waals surface area contributed by atoms with Crippen LogP contribution in [0.5, 0.6) is 0 Å². The molecule has 5 heteroatoms. The summed E-state index contributed by atoms with van der Waals surface area (Å²) in [6.45, 7) is -0.0130. The van der Waals surface area contributed by atoms with E-state index in [1.807, 2.05) is 48.5 Å². The topological polar surface area (TPSA) is 75.6 Å². The monoisotopic (exact) mass is 392 g/mol. The average molecular weight is 392 g/mol. The van der Waals surface area contributed by atoms with Crippen LogP contribution in [0.25, 0.3) is 11.1 Å². The van der Waals surface area contributed by atoms with Crippen LogP contribution in [0.15, 0.2) is 78.7 Å². The Morgan fingerprint density at radius 2 is 1.59 bits per heavy atom. The Labute approximate surface area is 176 Å². The summed E-state index contributed by atoms with van der Waals surface area (Å²) in [4.78, 5) is 24.3. The van der Waals surface area contributed by atoms with Crippen LogP contribution in [-0.2, 0) is 16.0 Å². The van der Waals surface area contributed by atoms with Gasteiger partial charge in [0.15, 0.2) is 0 Å². The van der Waals surface area contributed by atoms with Crippen molar-refractivity contribution >= 4 is 12.1 Å². The molecular weight excluding hydrogens is 366 g/mol. The number of carboxylic acid groups (broad SMARTS) is 1. The lowest BCUT2D eigenvalue weighted by Gasteiger charge is -2.17. The van der Waals surface area contributed by atoms with Crippen LogP contribution < -0.4 is 5.32 Å². The molecule has 1 aliphatic rings. The standard InChI is InChI=1S/C24H21NO4/c26-23(27)22(14-16-8-2-1-3-9-16)25-24(28)29-15-21-19-12-6-4-10-17(19)18-11-5-7-13-20(18)21/h1-13,21-22H,14-15H2,(H,25,28)(H,26,27)/t22-/m0/s1/i1D,2D,3D,8D,9D. The van der Waals surface area contributed by atoms with Gasteiger partial charge in [-0.25, -0.2) is 9.59 Å². The van der Waals surface area contributed by atoms with E-state index in [0.717, 1.165) is 22.3 Å². The molecule has 1 amide bonds. The van der Waals surface area contributed by atoms with Gasteiger partial charge in [0.05, 0.1) is 6.85 Å². The van der Waals surface area contributed by atoms with Gasteiger partial charge >= 0.3 is 12.1 Å². The van der Waals surface area contributed by atoms with E-state index in [1.54, 1.807) is 0 Å². The molecule has 3 aromatic carbocycles. The second-order valence-electron chi connectivity index (χ2n) is 6.67. The van der Waals surface area contributed by atoms with Crippen molar-refractivity contribution in [3.8, 4) is 11.1 Å². The molecule has 2 N–H and O–H groups in total. The average Bonchev–Trinajstić information content (AvgIpc) is 3.15. The van der Waals surface area contributed by atoms with Crippen LogP contribution in [0.3, 0.4) is 0 Å². The van der Waals surface area contributed by atoms with Crippen LogP contribution >= 0.6 is 0 Å². The lowest BCUT2D eigenvalue weighted by Crippen LogP contribution is -2.42. The zero-order valence-corrected chi connectivity index (χ0v) is 15.4. The molecule has 0 bridgehead atoms. The molecule has 3 aromatic rings. The first-order valence-corrected chi connectivity index (χ1v) is 9.10. The maximum absolute atomic E-state index is 12.5. The molecule has 4 rings (SSSR count). The van der Waals surface area contributed by atoms with Gasteiger partial charge in [-0.1, -0.05) is 78.7 Å². The molecule has 0 fully saturated rings. The number of hydrogen-bond donors (Lipinski definition) is 2. The lowest BCUT2D eigenvalue weighted by molar-refractivity contribution is -0.139. The van der Waals surface area contributed by atoms with Crippen molar-refractivity contribution in [2.24, 2.45) is 0 Å². The summed E-state index contributed by atoms with van der Waals surface area (Å²) < 4.78 is 44.5. The van der Waals surface area contributed by atoms with Gasteiger partial charge in [-0.3, -0.25) is 0 Å². The third-order valence-corrected chi connectivity index (χ3v) is 4.89. The number of benzene rings is 3. The minimum atomic E-state index is -1.54. The number of ether oxygens (including phenoxy) is 1. The van der Waals surface area contributed by atoms with Gasteiger partial charge in [0.1, 0.15) is 12.6 Å². The lowest BCUT2D eigenvalue weighted by atomic mass is 9.98. The SMILES string of the molecule is [2H]c1c([2H])c([2H])c(C[C@H](NC(=O)OCC2c3ccccc3-c3ccccc32)C(=O)O)c([2H])c1[2H]. The summed E-state index contributed by atoms with van der Waals surface area (Å²) in [5, 5.41) is 11.8. The molecule has 5 nitrogen and oxygen atoms in total. The maximum Gasteiger partial charge on any atom is 0.407 e. The number of hydrogen-bond acceptors (Lipinski definition) is 3. The fourth-order valence-corrected chi connectivity index (χ4v) is 3.56. The molecule has 1 atom stereocenters. The Morgan fingerprint density at radius 1 is 1.00 bits per heavy atom. The molecule has 0 saturated heterocycles. The van der Waals surface area contributed by atoms with Crippen LogP contribution in [0.4, 0.5) is 4.79 Å². The van der Waals surface area contributed by atoms with Gasteiger partial charge in [0.25, 0.3) is 0 Å². The van der Waals surface area contributed by atoms with Crippen molar-refractivity contribution in [3.05, 3.63) is 95.4 Å². The highest BCUT2D eigenvalue weighted by molar-refractivity contribution is 5.81. The van der Waals surface area contributed by atoms with Crippen LogP contribution in [-0.4, -0.2) is 29.8 Å². The maximum atomic E-state index is 12.5. The highest BCUT2D eigenvalue weighted by Gasteiger charge is 2.29. The third-order valence-electron chi connectivity index (χ3n) is 4.89. The quantitative estimate of drug-likeness (QED) is 0.659. The molecule has 0 radical (unpaired) electrons. The first-order chi connectivity index (χ1) is 16.2. The third kappa shape index (κ3) is 3.99. The summed E-state index contributed by atoms with van der Waals surface area (Å²) in [5.41, 5.74) is 3.92. The molecule has 1 aliphatic carbocycles. The van der Waals surface area contributed by atoms with Gasteiger partial charge in [0.2, 0.25) is 0 Å². The Balaban J connectivity index is 1.49. The number of carboxylic acids is 1. The van der Waals surface area contributed by atoms with Gasteiger partial charge in [-0.15, -0.1) is 0 Å². The fourth-order valence-electron chi connectivity index (χ4n) is 3.56. The van der Waals surface area contributed by atoms with E-state index in [-0.39, 0.29) is 18.1 Å². The highest BCUT2D eigenvalue weighted by atomic mass is 16.5. The van der Waals surface area contributed by atoms with Crippen LogP contribution in [0, 0.1) is 0 Å². The number of fused-ring (bicyclic) bond motifs is 3. The second-order valence-corrected chi connectivity index (χ2v) is 6.67. The van der Waals surface area contributed by atoms with E-state index in [2.05, 4.69) is 5.32 Å². The number of amides is 1. The van der Waals surface area contributed by atoms with Crippen molar-refractivity contribution in [3.63, 3.8) is 0 Å². The fraction of sp³-hybridized carbons (Fsp3) is 0.167. The number of carbonyl (C=O) groups excluding carboxylic acids is 1. The number of alkyl carbamates (subject to hydrolysis) is 1. The number of aliphatic carboxylic acids is 1. The minimum absolute atomic E-state index is 0.0130. The molecule has 0 spiro atoms. The molecule has 0 heterocycles. The summed E-state index contributed by atoms with van der Waals surface area (Å²) in [6, 6.07) is 11.3. The molecule has 29 heavy (non-hydrogen) atoms. The smallest absolute Gasteiger partial charge is 0.407 e. The van der Waals surface area contributed by atoms with Gasteiger partial charge in [-0.2, -0.15) is 0 Å². The van der Waals surface area contributed by atoms with Gasteiger partial charge in [-0.05, 0) is 27.8 Å². The molecule has 0 unspecified atom stereocenters. The Bertz CT molecular complexity index is 1220. The van der Waals surface area contributed by atoms with E-state index in [1.165, 1.54) is 0 Å².